The van der Waals surface area contributed by atoms with Crippen molar-refractivity contribution in [2.45, 2.75) is 13.8 Å². The van der Waals surface area contributed by atoms with Gasteiger partial charge in [0.05, 0.1) is 0 Å². The summed E-state index contributed by atoms with van der Waals surface area (Å²) >= 11 is 17.5. The van der Waals surface area contributed by atoms with Gasteiger partial charge in [-0.25, -0.2) is 4.98 Å². The molecule has 0 fully saturated rings. The summed E-state index contributed by atoms with van der Waals surface area (Å²) in [6, 6.07) is 20.3. The van der Waals surface area contributed by atoms with Crippen LogP contribution in [-0.4, -0.2) is 16.0 Å². The fourth-order valence-electron chi connectivity index (χ4n) is 3.80. The lowest BCUT2D eigenvalue weighted by Gasteiger charge is -2.11. The largest absolute Gasteiger partial charge is 0.457 e. The molecule has 38 heavy (non-hydrogen) atoms. The molecule has 0 atom stereocenters. The van der Waals surface area contributed by atoms with Crippen LogP contribution < -0.4 is 10.6 Å². The van der Waals surface area contributed by atoms with Crippen LogP contribution in [0.3, 0.4) is 0 Å². The zero-order valence-electron chi connectivity index (χ0n) is 20.3. The molecule has 5 aromatic rings. The first kappa shape index (κ1) is 25.7. The minimum Gasteiger partial charge on any atom is -0.457 e. The molecule has 2 aromatic heterocycles. The highest BCUT2D eigenvalue weighted by molar-refractivity contribution is 7.80. The van der Waals surface area contributed by atoms with E-state index in [9.17, 15) is 4.79 Å². The lowest BCUT2D eigenvalue weighted by molar-refractivity contribution is -0.115. The Kier molecular flexibility index (Phi) is 7.33. The second-order valence-corrected chi connectivity index (χ2v) is 9.94. The fourth-order valence-corrected chi connectivity index (χ4v) is 4.54. The molecule has 0 spiro atoms. The highest BCUT2D eigenvalue weighted by atomic mass is 35.5. The Labute approximate surface area is 234 Å². The van der Waals surface area contributed by atoms with Crippen LogP contribution >= 0.6 is 35.4 Å². The Morgan fingerprint density at radius 1 is 0.921 bits per heavy atom. The van der Waals surface area contributed by atoms with Crippen molar-refractivity contribution in [2.24, 2.45) is 0 Å². The van der Waals surface area contributed by atoms with Crippen LogP contribution in [-0.2, 0) is 4.79 Å². The van der Waals surface area contributed by atoms with Gasteiger partial charge in [-0.2, -0.15) is 0 Å². The summed E-state index contributed by atoms with van der Waals surface area (Å²) in [6.45, 7) is 3.94. The van der Waals surface area contributed by atoms with E-state index in [1.807, 2.05) is 50.2 Å². The van der Waals surface area contributed by atoms with E-state index in [0.717, 1.165) is 39.0 Å². The van der Waals surface area contributed by atoms with Gasteiger partial charge in [0.15, 0.2) is 10.7 Å². The Bertz CT molecular complexity index is 1700. The van der Waals surface area contributed by atoms with Crippen LogP contribution in [0.1, 0.15) is 16.9 Å². The molecule has 0 bridgehead atoms. The van der Waals surface area contributed by atoms with Gasteiger partial charge in [0.1, 0.15) is 17.0 Å². The smallest absolute Gasteiger partial charge is 0.250 e. The monoisotopic (exact) mass is 561 g/mol. The molecule has 0 saturated carbocycles. The van der Waals surface area contributed by atoms with E-state index in [-0.39, 0.29) is 5.11 Å². The standard InChI is InChI=1S/C29H21Cl2N3O3S/c1-16-3-8-23-26(11-16)37-28(32-23)18-5-4-17(2)24(14-18)33-29(38)34-27(35)10-7-22-6-9-25(36-22)19-12-20(30)15-21(31)13-19/h3-15H,1-2H3,(H2,33,34,35,38)/b10-7+. The predicted octanol–water partition coefficient (Wildman–Crippen LogP) is 8.20. The summed E-state index contributed by atoms with van der Waals surface area (Å²) in [4.78, 5) is 17.0. The molecule has 3 aromatic carbocycles. The van der Waals surface area contributed by atoms with Crippen molar-refractivity contribution in [1.29, 1.82) is 0 Å². The number of carbonyl (C=O) groups excluding carboxylic acids is 1. The van der Waals surface area contributed by atoms with Gasteiger partial charge < -0.3 is 14.2 Å². The first-order valence-corrected chi connectivity index (χ1v) is 12.7. The van der Waals surface area contributed by atoms with Crippen LogP contribution in [0.5, 0.6) is 0 Å². The number of anilines is 1. The lowest BCUT2D eigenvalue weighted by atomic mass is 10.1. The third kappa shape index (κ3) is 5.97. The van der Waals surface area contributed by atoms with E-state index in [1.54, 1.807) is 36.4 Å². The van der Waals surface area contributed by atoms with Gasteiger partial charge in [0.2, 0.25) is 11.8 Å². The first-order valence-electron chi connectivity index (χ1n) is 11.6. The minimum absolute atomic E-state index is 0.154. The summed E-state index contributed by atoms with van der Waals surface area (Å²) in [5.74, 6) is 1.16. The molecule has 5 rings (SSSR count). The summed E-state index contributed by atoms with van der Waals surface area (Å²) < 4.78 is 11.7. The van der Waals surface area contributed by atoms with Crippen LogP contribution in [0.25, 0.3) is 40.0 Å². The number of amides is 1. The van der Waals surface area contributed by atoms with Crippen molar-refractivity contribution in [3.05, 3.63) is 99.7 Å². The second kappa shape index (κ2) is 10.8. The summed E-state index contributed by atoms with van der Waals surface area (Å²) in [6.07, 6.45) is 2.89. The van der Waals surface area contributed by atoms with Gasteiger partial charge in [0, 0.05) is 32.9 Å². The normalized spacial score (nSPS) is 11.3. The van der Waals surface area contributed by atoms with Gasteiger partial charge >= 0.3 is 0 Å². The third-order valence-electron chi connectivity index (χ3n) is 5.69. The van der Waals surface area contributed by atoms with E-state index in [4.69, 9.17) is 44.3 Å². The van der Waals surface area contributed by atoms with Crippen LogP contribution in [0.15, 0.2) is 81.6 Å². The first-order chi connectivity index (χ1) is 18.2. The Morgan fingerprint density at radius 2 is 1.71 bits per heavy atom. The number of furan rings is 1. The van der Waals surface area contributed by atoms with Crippen molar-refractivity contribution >= 4 is 69.3 Å². The molecule has 6 nitrogen and oxygen atoms in total. The van der Waals surface area contributed by atoms with E-state index in [1.165, 1.54) is 6.08 Å². The number of nitrogens with one attached hydrogen (secondary N) is 2. The Balaban J connectivity index is 1.24. The molecule has 190 valence electrons. The number of nitrogens with zero attached hydrogens (tertiary/aromatic N) is 1. The topological polar surface area (TPSA) is 80.3 Å². The summed E-state index contributed by atoms with van der Waals surface area (Å²) in [5.41, 5.74) is 5.81. The maximum absolute atomic E-state index is 12.5. The Hall–Kier alpha value is -3.91. The number of hydrogen-bond acceptors (Lipinski definition) is 5. The molecule has 2 heterocycles. The van der Waals surface area contributed by atoms with Crippen molar-refractivity contribution in [3.63, 3.8) is 0 Å². The SMILES string of the molecule is Cc1ccc2nc(-c3ccc(C)c(NC(=S)NC(=O)/C=C/c4ccc(-c5cc(Cl)cc(Cl)c5)o4)c3)oc2c1. The molecular weight excluding hydrogens is 541 g/mol. The zero-order chi connectivity index (χ0) is 26.8. The molecule has 0 aliphatic carbocycles. The highest BCUT2D eigenvalue weighted by Gasteiger charge is 2.12. The van der Waals surface area contributed by atoms with Gasteiger partial charge in [0.25, 0.3) is 0 Å². The number of hydrogen-bond donors (Lipinski definition) is 2. The van der Waals surface area contributed by atoms with E-state index in [2.05, 4.69) is 15.6 Å². The number of fused-ring (bicyclic) bond motifs is 1. The highest BCUT2D eigenvalue weighted by Crippen LogP contribution is 2.30. The van der Waals surface area contributed by atoms with Gasteiger partial charge in [-0.15, -0.1) is 0 Å². The number of aryl methyl sites for hydroxylation is 2. The summed E-state index contributed by atoms with van der Waals surface area (Å²) in [5, 5.41) is 6.89. The van der Waals surface area contributed by atoms with E-state index >= 15 is 0 Å². The zero-order valence-corrected chi connectivity index (χ0v) is 22.7. The fraction of sp³-hybridized carbons (Fsp3) is 0.0690. The maximum Gasteiger partial charge on any atom is 0.250 e. The molecule has 1 amide bonds. The molecule has 2 N–H and O–H groups in total. The van der Waals surface area contributed by atoms with Crippen LogP contribution in [0.4, 0.5) is 5.69 Å². The molecule has 0 saturated heterocycles. The number of carbonyl (C=O) groups is 1. The molecule has 0 unspecified atom stereocenters. The van der Waals surface area contributed by atoms with E-state index < -0.39 is 5.91 Å². The number of thiocarbonyl (C=S) groups is 1. The Morgan fingerprint density at radius 3 is 2.50 bits per heavy atom. The van der Waals surface area contributed by atoms with Gasteiger partial charge in [-0.1, -0.05) is 35.3 Å². The predicted molar refractivity (Wildman–Crippen MR) is 156 cm³/mol. The van der Waals surface area contributed by atoms with Crippen LogP contribution in [0, 0.1) is 13.8 Å². The van der Waals surface area contributed by atoms with E-state index in [0.29, 0.717) is 27.5 Å². The van der Waals surface area contributed by atoms with Crippen molar-refractivity contribution in [2.75, 3.05) is 5.32 Å². The van der Waals surface area contributed by atoms with Crippen molar-refractivity contribution in [1.82, 2.24) is 10.3 Å². The number of halogens is 2. The number of rotatable bonds is 5. The summed E-state index contributed by atoms with van der Waals surface area (Å²) in [7, 11) is 0. The quantitative estimate of drug-likeness (QED) is 0.166. The average molecular weight is 562 g/mol. The molecule has 0 aliphatic rings. The average Bonchev–Trinajstić information content (AvgIpc) is 3.50. The lowest BCUT2D eigenvalue weighted by Crippen LogP contribution is -2.33. The molecular formula is C29H21Cl2N3O3S. The van der Waals surface area contributed by atoms with Gasteiger partial charge in [-0.05, 0) is 97.9 Å². The van der Waals surface area contributed by atoms with Crippen molar-refractivity contribution in [3.8, 4) is 22.8 Å². The molecule has 0 radical (unpaired) electrons. The maximum atomic E-state index is 12.5. The van der Waals surface area contributed by atoms with Crippen LogP contribution in [0.2, 0.25) is 10.0 Å². The van der Waals surface area contributed by atoms with Crippen molar-refractivity contribution < 1.29 is 13.6 Å². The molecule has 0 aliphatic heterocycles. The molecule has 9 heteroatoms. The second-order valence-electron chi connectivity index (χ2n) is 8.66. The number of aromatic nitrogens is 1. The third-order valence-corrected chi connectivity index (χ3v) is 6.33. The number of benzene rings is 3. The minimum atomic E-state index is -0.408. The number of oxazole rings is 1. The van der Waals surface area contributed by atoms with Gasteiger partial charge in [-0.3, -0.25) is 10.1 Å².